The van der Waals surface area contributed by atoms with E-state index in [1.54, 1.807) is 29.8 Å². The summed E-state index contributed by atoms with van der Waals surface area (Å²) < 4.78 is 0. The number of thiophene rings is 1. The molecule has 2 rings (SSSR count). The fourth-order valence-electron chi connectivity index (χ4n) is 1.24. The average molecular weight is 205 g/mol. The smallest absolute Gasteiger partial charge is 0.0433 e. The molecule has 4 heteroatoms. The maximum Gasteiger partial charge on any atom is 0.0433 e. The van der Waals surface area contributed by atoms with E-state index >= 15 is 0 Å². The number of nitrogens with zero attached hydrogens (tertiary/aromatic N) is 1. The molecule has 0 aromatic carbocycles. The SMILES string of the molecule is NCc1ccc(-c2cnccc2N)s1. The predicted molar refractivity (Wildman–Crippen MR) is 59.9 cm³/mol. The Morgan fingerprint density at radius 1 is 1.29 bits per heavy atom. The van der Waals surface area contributed by atoms with Gasteiger partial charge < -0.3 is 11.5 Å². The summed E-state index contributed by atoms with van der Waals surface area (Å²) in [4.78, 5) is 6.33. The van der Waals surface area contributed by atoms with Crippen molar-refractivity contribution in [2.24, 2.45) is 5.73 Å². The summed E-state index contributed by atoms with van der Waals surface area (Å²) in [6.07, 6.45) is 3.47. The normalized spacial score (nSPS) is 10.4. The van der Waals surface area contributed by atoms with Gasteiger partial charge in [-0.05, 0) is 18.2 Å². The molecule has 0 spiro atoms. The molecule has 72 valence electrons. The van der Waals surface area contributed by atoms with E-state index in [4.69, 9.17) is 11.5 Å². The molecule has 2 aromatic rings. The Morgan fingerprint density at radius 3 is 2.79 bits per heavy atom. The lowest BCUT2D eigenvalue weighted by Gasteiger charge is -2.00. The molecule has 4 N–H and O–H groups in total. The minimum Gasteiger partial charge on any atom is -0.398 e. The van der Waals surface area contributed by atoms with Gasteiger partial charge in [0.25, 0.3) is 0 Å². The largest absolute Gasteiger partial charge is 0.398 e. The zero-order valence-corrected chi connectivity index (χ0v) is 8.42. The molecule has 0 saturated heterocycles. The van der Waals surface area contributed by atoms with E-state index in [-0.39, 0.29) is 0 Å². The van der Waals surface area contributed by atoms with Crippen LogP contribution >= 0.6 is 11.3 Å². The quantitative estimate of drug-likeness (QED) is 0.786. The third kappa shape index (κ3) is 1.62. The minimum absolute atomic E-state index is 0.574. The van der Waals surface area contributed by atoms with Crippen LogP contribution in [-0.2, 0) is 6.54 Å². The highest BCUT2D eigenvalue weighted by molar-refractivity contribution is 7.15. The maximum atomic E-state index is 5.84. The lowest BCUT2D eigenvalue weighted by Crippen LogP contribution is -1.91. The van der Waals surface area contributed by atoms with Crippen molar-refractivity contribution >= 4 is 17.0 Å². The molecule has 0 aliphatic carbocycles. The van der Waals surface area contributed by atoms with Gasteiger partial charge in [0.05, 0.1) is 0 Å². The van der Waals surface area contributed by atoms with Gasteiger partial charge in [0.1, 0.15) is 0 Å². The summed E-state index contributed by atoms with van der Waals surface area (Å²) in [5.41, 5.74) is 13.1. The minimum atomic E-state index is 0.574. The molecule has 0 atom stereocenters. The Kier molecular flexibility index (Phi) is 2.47. The molecule has 2 heterocycles. The van der Waals surface area contributed by atoms with Crippen LogP contribution in [0, 0.1) is 0 Å². The highest BCUT2D eigenvalue weighted by atomic mass is 32.1. The van der Waals surface area contributed by atoms with Crippen molar-refractivity contribution in [2.75, 3.05) is 5.73 Å². The number of pyridine rings is 1. The van der Waals surface area contributed by atoms with Gasteiger partial charge in [-0.1, -0.05) is 0 Å². The highest BCUT2D eigenvalue weighted by Gasteiger charge is 2.04. The molecule has 0 radical (unpaired) electrons. The molecule has 3 nitrogen and oxygen atoms in total. The maximum absolute atomic E-state index is 5.84. The first-order valence-electron chi connectivity index (χ1n) is 4.30. The van der Waals surface area contributed by atoms with E-state index in [2.05, 4.69) is 4.98 Å². The monoisotopic (exact) mass is 205 g/mol. The molecule has 0 bridgehead atoms. The van der Waals surface area contributed by atoms with E-state index < -0.39 is 0 Å². The van der Waals surface area contributed by atoms with E-state index in [0.29, 0.717) is 6.54 Å². The molecule has 0 aliphatic rings. The first-order chi connectivity index (χ1) is 6.81. The van der Waals surface area contributed by atoms with Crippen molar-refractivity contribution < 1.29 is 0 Å². The van der Waals surface area contributed by atoms with Crippen molar-refractivity contribution in [2.45, 2.75) is 6.54 Å². The van der Waals surface area contributed by atoms with Crippen LogP contribution in [0.1, 0.15) is 4.88 Å². The summed E-state index contributed by atoms with van der Waals surface area (Å²) in [6, 6.07) is 5.85. The van der Waals surface area contributed by atoms with Crippen molar-refractivity contribution in [3.05, 3.63) is 35.5 Å². The van der Waals surface area contributed by atoms with Crippen molar-refractivity contribution in [1.29, 1.82) is 0 Å². The standard InChI is InChI=1S/C10H11N3S/c11-5-7-1-2-10(14-7)8-6-13-4-3-9(8)12/h1-4,6H,5,11H2,(H2,12,13). The number of anilines is 1. The zero-order valence-electron chi connectivity index (χ0n) is 7.60. The molecule has 2 aromatic heterocycles. The summed E-state index contributed by atoms with van der Waals surface area (Å²) in [7, 11) is 0. The van der Waals surface area contributed by atoms with Crippen molar-refractivity contribution in [3.8, 4) is 10.4 Å². The van der Waals surface area contributed by atoms with Gasteiger partial charge in [0.2, 0.25) is 0 Å². The topological polar surface area (TPSA) is 64.9 Å². The second kappa shape index (κ2) is 3.77. The summed E-state index contributed by atoms with van der Waals surface area (Å²) in [5, 5.41) is 0. The Hall–Kier alpha value is -1.39. The average Bonchev–Trinajstić information content (AvgIpc) is 2.67. The van der Waals surface area contributed by atoms with Gasteiger partial charge in [-0.15, -0.1) is 11.3 Å². The molecule has 14 heavy (non-hydrogen) atoms. The van der Waals surface area contributed by atoms with Crippen LogP contribution in [0.15, 0.2) is 30.6 Å². The van der Waals surface area contributed by atoms with Crippen LogP contribution < -0.4 is 11.5 Å². The third-order valence-electron chi connectivity index (χ3n) is 1.98. The van der Waals surface area contributed by atoms with Gasteiger partial charge in [-0.25, -0.2) is 0 Å². The second-order valence-corrected chi connectivity index (χ2v) is 4.10. The highest BCUT2D eigenvalue weighted by Crippen LogP contribution is 2.30. The number of aromatic nitrogens is 1. The Bertz CT molecular complexity index is 436. The van der Waals surface area contributed by atoms with Gasteiger partial charge in [-0.3, -0.25) is 4.98 Å². The summed E-state index contributed by atoms with van der Waals surface area (Å²) in [5.74, 6) is 0. The summed E-state index contributed by atoms with van der Waals surface area (Å²) >= 11 is 1.66. The third-order valence-corrected chi connectivity index (χ3v) is 3.12. The summed E-state index contributed by atoms with van der Waals surface area (Å²) in [6.45, 7) is 0.574. The van der Waals surface area contributed by atoms with Crippen molar-refractivity contribution in [1.82, 2.24) is 4.98 Å². The van der Waals surface area contributed by atoms with Crippen LogP contribution in [0.3, 0.4) is 0 Å². The van der Waals surface area contributed by atoms with Crippen LogP contribution in [0.25, 0.3) is 10.4 Å². The van der Waals surface area contributed by atoms with Gasteiger partial charge in [0.15, 0.2) is 0 Å². The van der Waals surface area contributed by atoms with Gasteiger partial charge >= 0.3 is 0 Å². The van der Waals surface area contributed by atoms with Gasteiger partial charge in [-0.2, -0.15) is 0 Å². The fraction of sp³-hybridized carbons (Fsp3) is 0.100. The van der Waals surface area contributed by atoms with Crippen LogP contribution in [0.4, 0.5) is 5.69 Å². The predicted octanol–water partition coefficient (Wildman–Crippen LogP) is 1.85. The van der Waals surface area contributed by atoms with Crippen LogP contribution in [0.5, 0.6) is 0 Å². The Labute approximate surface area is 86.4 Å². The van der Waals surface area contributed by atoms with E-state index in [1.165, 1.54) is 0 Å². The first kappa shape index (κ1) is 9.18. The molecular formula is C10H11N3S. The molecule has 0 amide bonds. The lowest BCUT2D eigenvalue weighted by atomic mass is 10.2. The number of hydrogen-bond donors (Lipinski definition) is 2. The fourth-order valence-corrected chi connectivity index (χ4v) is 2.16. The first-order valence-corrected chi connectivity index (χ1v) is 5.11. The zero-order chi connectivity index (χ0) is 9.97. The van der Waals surface area contributed by atoms with Crippen molar-refractivity contribution in [3.63, 3.8) is 0 Å². The number of nitrogen functional groups attached to an aromatic ring is 1. The van der Waals surface area contributed by atoms with E-state index in [0.717, 1.165) is 21.0 Å². The van der Waals surface area contributed by atoms with Crippen LogP contribution in [-0.4, -0.2) is 4.98 Å². The molecule has 0 fully saturated rings. The number of rotatable bonds is 2. The van der Waals surface area contributed by atoms with Gasteiger partial charge in [0, 0.05) is 39.9 Å². The lowest BCUT2D eigenvalue weighted by molar-refractivity contribution is 1.11. The number of nitrogens with two attached hydrogens (primary N) is 2. The number of hydrogen-bond acceptors (Lipinski definition) is 4. The van der Waals surface area contributed by atoms with Crippen LogP contribution in [0.2, 0.25) is 0 Å². The Morgan fingerprint density at radius 2 is 2.14 bits per heavy atom. The Balaban J connectivity index is 2.44. The van der Waals surface area contributed by atoms with E-state index in [9.17, 15) is 0 Å². The molecular weight excluding hydrogens is 194 g/mol. The second-order valence-electron chi connectivity index (χ2n) is 2.93. The molecule has 0 aliphatic heterocycles. The van der Waals surface area contributed by atoms with E-state index in [1.807, 2.05) is 12.1 Å². The molecule has 0 saturated carbocycles. The molecule has 0 unspecified atom stereocenters.